The molecule has 3 heteroatoms. The van der Waals surface area contributed by atoms with E-state index in [2.05, 4.69) is 15.9 Å². The van der Waals surface area contributed by atoms with Gasteiger partial charge in [0.1, 0.15) is 0 Å². The van der Waals surface area contributed by atoms with Crippen LogP contribution in [0.1, 0.15) is 27.0 Å². The average molecular weight is 293 g/mol. The fourth-order valence-electron chi connectivity index (χ4n) is 1.79. The Kier molecular flexibility index (Phi) is 3.48. The first-order valence-corrected chi connectivity index (χ1v) is 6.18. The quantitative estimate of drug-likeness (QED) is 0.798. The summed E-state index contributed by atoms with van der Waals surface area (Å²) in [7, 11) is 0. The predicted octanol–water partition coefficient (Wildman–Crippen LogP) is 4.08. The van der Waals surface area contributed by atoms with Crippen molar-refractivity contribution in [1.29, 1.82) is 0 Å². The molecule has 2 rings (SSSR count). The number of benzene rings is 1. The molecule has 2 aromatic rings. The van der Waals surface area contributed by atoms with Crippen LogP contribution in [0, 0.1) is 13.8 Å². The normalized spacial score (nSPS) is 10.5. The molecule has 0 aliphatic carbocycles. The Bertz CT molecular complexity index is 518. The summed E-state index contributed by atoms with van der Waals surface area (Å²) >= 11 is 3.50. The number of furan rings is 1. The van der Waals surface area contributed by atoms with Crippen LogP contribution < -0.4 is 0 Å². The number of carbonyl (C=O) groups is 1. The van der Waals surface area contributed by atoms with Gasteiger partial charge in [0, 0.05) is 16.5 Å². The van der Waals surface area contributed by atoms with E-state index < -0.39 is 0 Å². The number of hydrogen-bond donors (Lipinski definition) is 0. The second-order valence-corrected chi connectivity index (χ2v) is 4.95. The van der Waals surface area contributed by atoms with Crippen LogP contribution in [0.4, 0.5) is 0 Å². The van der Waals surface area contributed by atoms with Gasteiger partial charge in [-0.25, -0.2) is 0 Å². The van der Waals surface area contributed by atoms with Crippen molar-refractivity contribution in [2.75, 3.05) is 0 Å². The van der Waals surface area contributed by atoms with Crippen LogP contribution in [0.3, 0.4) is 0 Å². The zero-order chi connectivity index (χ0) is 12.4. The molecular formula is C14H13BrO2. The molecule has 0 saturated carbocycles. The smallest absolute Gasteiger partial charge is 0.167 e. The van der Waals surface area contributed by atoms with Crippen LogP contribution in [0.25, 0.3) is 0 Å². The second-order valence-electron chi connectivity index (χ2n) is 4.16. The predicted molar refractivity (Wildman–Crippen MR) is 70.4 cm³/mol. The molecule has 0 N–H and O–H groups in total. The average Bonchev–Trinajstić information content (AvgIpc) is 2.77. The number of carbonyl (C=O) groups excluding carboxylic acids is 1. The van der Waals surface area contributed by atoms with Gasteiger partial charge in [0.05, 0.1) is 12.5 Å². The van der Waals surface area contributed by atoms with E-state index >= 15 is 0 Å². The Morgan fingerprint density at radius 1 is 1.29 bits per heavy atom. The van der Waals surface area contributed by atoms with E-state index in [0.717, 1.165) is 26.7 Å². The molecule has 0 aliphatic heterocycles. The molecule has 17 heavy (non-hydrogen) atoms. The summed E-state index contributed by atoms with van der Waals surface area (Å²) in [4.78, 5) is 12.1. The molecular weight excluding hydrogens is 280 g/mol. The molecule has 0 unspecified atom stereocenters. The van der Waals surface area contributed by atoms with Gasteiger partial charge in [-0.3, -0.25) is 4.79 Å². The molecule has 0 amide bonds. The highest BCUT2D eigenvalue weighted by Gasteiger charge is 2.10. The maximum absolute atomic E-state index is 12.1. The third kappa shape index (κ3) is 2.67. The Morgan fingerprint density at radius 2 is 1.94 bits per heavy atom. The van der Waals surface area contributed by atoms with Crippen molar-refractivity contribution in [1.82, 2.24) is 0 Å². The van der Waals surface area contributed by atoms with E-state index in [1.54, 1.807) is 12.5 Å². The van der Waals surface area contributed by atoms with Crippen molar-refractivity contribution < 1.29 is 9.21 Å². The first-order valence-electron chi connectivity index (χ1n) is 5.39. The van der Waals surface area contributed by atoms with Crippen molar-refractivity contribution in [2.24, 2.45) is 0 Å². The van der Waals surface area contributed by atoms with Crippen LogP contribution in [-0.2, 0) is 6.42 Å². The van der Waals surface area contributed by atoms with Gasteiger partial charge in [-0.2, -0.15) is 0 Å². The van der Waals surface area contributed by atoms with Crippen LogP contribution in [0.2, 0.25) is 0 Å². The maximum Gasteiger partial charge on any atom is 0.167 e. The molecule has 0 aliphatic rings. The van der Waals surface area contributed by atoms with Crippen molar-refractivity contribution in [2.45, 2.75) is 20.3 Å². The zero-order valence-electron chi connectivity index (χ0n) is 9.79. The SMILES string of the molecule is Cc1cc(C(=O)Cc2ccoc2)cc(C)c1Br. The molecule has 2 nitrogen and oxygen atoms in total. The summed E-state index contributed by atoms with van der Waals surface area (Å²) in [5, 5.41) is 0. The van der Waals surface area contributed by atoms with Gasteiger partial charge < -0.3 is 4.42 Å². The first-order chi connectivity index (χ1) is 8.08. The number of rotatable bonds is 3. The number of halogens is 1. The summed E-state index contributed by atoms with van der Waals surface area (Å²) in [6.45, 7) is 3.98. The lowest BCUT2D eigenvalue weighted by atomic mass is 10.0. The lowest BCUT2D eigenvalue weighted by Crippen LogP contribution is -2.04. The molecule has 0 radical (unpaired) electrons. The third-order valence-electron chi connectivity index (χ3n) is 2.70. The number of aryl methyl sites for hydroxylation is 2. The van der Waals surface area contributed by atoms with Gasteiger partial charge >= 0.3 is 0 Å². The van der Waals surface area contributed by atoms with Gasteiger partial charge in [0.25, 0.3) is 0 Å². The van der Waals surface area contributed by atoms with E-state index in [1.807, 2.05) is 32.0 Å². The fourth-order valence-corrected chi connectivity index (χ4v) is 2.02. The van der Waals surface area contributed by atoms with Crippen molar-refractivity contribution in [3.8, 4) is 0 Å². The lowest BCUT2D eigenvalue weighted by Gasteiger charge is -2.06. The summed E-state index contributed by atoms with van der Waals surface area (Å²) in [5.41, 5.74) is 3.83. The largest absolute Gasteiger partial charge is 0.472 e. The molecule has 1 aromatic carbocycles. The van der Waals surface area contributed by atoms with Crippen molar-refractivity contribution in [3.05, 3.63) is 57.5 Å². The van der Waals surface area contributed by atoms with Gasteiger partial charge in [0.15, 0.2) is 5.78 Å². The Labute approximate surface area is 109 Å². The van der Waals surface area contributed by atoms with Gasteiger partial charge in [-0.15, -0.1) is 0 Å². The van der Waals surface area contributed by atoms with Crippen LogP contribution >= 0.6 is 15.9 Å². The summed E-state index contributed by atoms with van der Waals surface area (Å²) in [5.74, 6) is 0.116. The van der Waals surface area contributed by atoms with E-state index in [-0.39, 0.29) is 5.78 Å². The molecule has 1 heterocycles. The Morgan fingerprint density at radius 3 is 2.47 bits per heavy atom. The van der Waals surface area contributed by atoms with Gasteiger partial charge in [-0.1, -0.05) is 15.9 Å². The van der Waals surface area contributed by atoms with Crippen LogP contribution in [0.5, 0.6) is 0 Å². The standard InChI is InChI=1S/C14H13BrO2/c1-9-5-12(6-10(2)14(9)15)13(16)7-11-3-4-17-8-11/h3-6,8H,7H2,1-2H3. The number of ketones is 1. The van der Waals surface area contributed by atoms with Crippen molar-refractivity contribution >= 4 is 21.7 Å². The summed E-state index contributed by atoms with van der Waals surface area (Å²) < 4.78 is 6.03. The van der Waals surface area contributed by atoms with Crippen molar-refractivity contribution in [3.63, 3.8) is 0 Å². The molecule has 88 valence electrons. The lowest BCUT2D eigenvalue weighted by molar-refractivity contribution is 0.0992. The van der Waals surface area contributed by atoms with E-state index in [4.69, 9.17) is 4.42 Å². The summed E-state index contributed by atoms with van der Waals surface area (Å²) in [6, 6.07) is 5.65. The molecule has 0 atom stereocenters. The monoisotopic (exact) mass is 292 g/mol. The van der Waals surface area contributed by atoms with E-state index in [0.29, 0.717) is 6.42 Å². The van der Waals surface area contributed by atoms with Crippen LogP contribution in [0.15, 0.2) is 39.6 Å². The second kappa shape index (κ2) is 4.88. The summed E-state index contributed by atoms with van der Waals surface area (Å²) in [6.07, 6.45) is 3.58. The highest BCUT2D eigenvalue weighted by Crippen LogP contribution is 2.23. The number of Topliss-reactive ketones (excluding diaryl/α,β-unsaturated/α-hetero) is 1. The van der Waals surface area contributed by atoms with E-state index in [9.17, 15) is 4.79 Å². The molecule has 0 saturated heterocycles. The van der Waals surface area contributed by atoms with E-state index in [1.165, 1.54) is 0 Å². The molecule has 1 aromatic heterocycles. The maximum atomic E-state index is 12.1. The minimum absolute atomic E-state index is 0.116. The third-order valence-corrected chi connectivity index (χ3v) is 3.95. The Balaban J connectivity index is 2.26. The highest BCUT2D eigenvalue weighted by atomic mass is 79.9. The molecule has 0 bridgehead atoms. The highest BCUT2D eigenvalue weighted by molar-refractivity contribution is 9.10. The first kappa shape index (κ1) is 12.1. The minimum atomic E-state index is 0.116. The number of hydrogen-bond acceptors (Lipinski definition) is 2. The Hall–Kier alpha value is -1.35. The zero-order valence-corrected chi connectivity index (χ0v) is 11.4. The minimum Gasteiger partial charge on any atom is -0.472 e. The fraction of sp³-hybridized carbons (Fsp3) is 0.214. The topological polar surface area (TPSA) is 30.2 Å². The molecule has 0 spiro atoms. The van der Waals surface area contributed by atoms with Crippen LogP contribution in [-0.4, -0.2) is 5.78 Å². The van der Waals surface area contributed by atoms with Gasteiger partial charge in [0.2, 0.25) is 0 Å². The molecule has 0 fully saturated rings. The van der Waals surface area contributed by atoms with Gasteiger partial charge in [-0.05, 0) is 48.7 Å².